The van der Waals surface area contributed by atoms with E-state index in [2.05, 4.69) is 42.1 Å². The highest BCUT2D eigenvalue weighted by Gasteiger charge is 2.42. The zero-order valence-corrected chi connectivity index (χ0v) is 24.9. The molecule has 0 atom stereocenters. The van der Waals surface area contributed by atoms with Gasteiger partial charge in [0.1, 0.15) is 5.75 Å². The lowest BCUT2D eigenvalue weighted by molar-refractivity contribution is -0.118. The van der Waals surface area contributed by atoms with Crippen LogP contribution < -0.4 is 10.1 Å². The Morgan fingerprint density at radius 2 is 1.55 bits per heavy atom. The van der Waals surface area contributed by atoms with Crippen LogP contribution in [0.2, 0.25) is 0 Å². The van der Waals surface area contributed by atoms with Crippen molar-refractivity contribution < 1.29 is 19.1 Å². The van der Waals surface area contributed by atoms with E-state index in [1.165, 1.54) is 0 Å². The van der Waals surface area contributed by atoms with Crippen molar-refractivity contribution in [1.82, 2.24) is 4.90 Å². The first-order valence-corrected chi connectivity index (χ1v) is 14.5. The van der Waals surface area contributed by atoms with Crippen LogP contribution >= 0.6 is 31.9 Å². The second-order valence-electron chi connectivity index (χ2n) is 10.2. The van der Waals surface area contributed by atoms with Gasteiger partial charge in [0, 0.05) is 54.0 Å². The summed E-state index contributed by atoms with van der Waals surface area (Å²) in [6.07, 6.45) is 4.32. The average molecular weight is 642 g/mol. The molecule has 1 amide bonds. The number of allylic oxidation sites excluding steroid dienone is 4. The predicted molar refractivity (Wildman–Crippen MR) is 154 cm³/mol. The van der Waals surface area contributed by atoms with Crippen molar-refractivity contribution in [3.8, 4) is 5.75 Å². The van der Waals surface area contributed by atoms with Gasteiger partial charge in [-0.25, -0.2) is 0 Å². The van der Waals surface area contributed by atoms with Crippen molar-refractivity contribution in [3.63, 3.8) is 0 Å². The molecule has 0 saturated heterocycles. The Balaban J connectivity index is 1.44. The standard InChI is InChI=1S/C30H30Br2N2O4/c1-16-7-4-8-21(17(16)2)33-26(37)15-38-30-19(31)13-18(14-20(30)32)27-28-22(9-5-11-24(28)35)34(3)23-10-6-12-25(36)29(23)27/h4,7-8,13-14,27H,5-6,9-12,15H2,1-3H3,(H,33,37). The van der Waals surface area contributed by atoms with E-state index in [9.17, 15) is 14.4 Å². The van der Waals surface area contributed by atoms with Gasteiger partial charge < -0.3 is 15.0 Å². The number of ketones is 2. The summed E-state index contributed by atoms with van der Waals surface area (Å²) in [5.41, 5.74) is 7.30. The summed E-state index contributed by atoms with van der Waals surface area (Å²) in [7, 11) is 1.99. The fraction of sp³-hybridized carbons (Fsp3) is 0.367. The summed E-state index contributed by atoms with van der Waals surface area (Å²) in [4.78, 5) is 41.2. The molecule has 2 aromatic carbocycles. The number of hydrogen-bond acceptors (Lipinski definition) is 5. The normalized spacial score (nSPS) is 18.0. The van der Waals surface area contributed by atoms with Crippen LogP contribution in [0.25, 0.3) is 0 Å². The first-order chi connectivity index (χ1) is 18.2. The van der Waals surface area contributed by atoms with Gasteiger partial charge in [0.2, 0.25) is 0 Å². The number of carbonyl (C=O) groups is 3. The molecular formula is C30H30Br2N2O4. The van der Waals surface area contributed by atoms with Gasteiger partial charge in [-0.15, -0.1) is 0 Å². The highest BCUT2D eigenvalue weighted by atomic mass is 79.9. The summed E-state index contributed by atoms with van der Waals surface area (Å²) in [6, 6.07) is 9.60. The lowest BCUT2D eigenvalue weighted by Crippen LogP contribution is -2.37. The third kappa shape index (κ3) is 4.89. The van der Waals surface area contributed by atoms with Gasteiger partial charge in [0.15, 0.2) is 18.2 Å². The molecule has 198 valence electrons. The monoisotopic (exact) mass is 640 g/mol. The molecule has 5 rings (SSSR count). The molecule has 3 aliphatic rings. The minimum absolute atomic E-state index is 0.115. The van der Waals surface area contributed by atoms with Crippen LogP contribution in [0, 0.1) is 13.8 Å². The number of rotatable bonds is 5. The third-order valence-corrected chi connectivity index (χ3v) is 9.00. The predicted octanol–water partition coefficient (Wildman–Crippen LogP) is 6.89. The van der Waals surface area contributed by atoms with Crippen molar-refractivity contribution in [2.45, 2.75) is 58.3 Å². The topological polar surface area (TPSA) is 75.7 Å². The smallest absolute Gasteiger partial charge is 0.262 e. The van der Waals surface area contributed by atoms with Crippen LogP contribution in [0.15, 0.2) is 61.8 Å². The van der Waals surface area contributed by atoms with E-state index in [0.717, 1.165) is 70.6 Å². The van der Waals surface area contributed by atoms with Crippen molar-refractivity contribution in [3.05, 3.63) is 78.5 Å². The SMILES string of the molecule is Cc1cccc(NC(=O)COc2c(Br)cc(C3C4=C(CCCC4=O)N(C)C4=C3C(=O)CCC4)cc2Br)c1C. The van der Waals surface area contributed by atoms with Gasteiger partial charge in [-0.2, -0.15) is 0 Å². The van der Waals surface area contributed by atoms with E-state index in [4.69, 9.17) is 4.74 Å². The summed E-state index contributed by atoms with van der Waals surface area (Å²) < 4.78 is 7.21. The molecule has 2 aromatic rings. The first-order valence-electron chi connectivity index (χ1n) is 12.9. The van der Waals surface area contributed by atoms with E-state index in [-0.39, 0.29) is 24.1 Å². The molecule has 0 unspecified atom stereocenters. The van der Waals surface area contributed by atoms with Crippen molar-refractivity contribution >= 4 is 55.0 Å². The number of nitrogens with one attached hydrogen (secondary N) is 1. The largest absolute Gasteiger partial charge is 0.481 e. The number of benzene rings is 2. The second kappa shape index (κ2) is 10.8. The van der Waals surface area contributed by atoms with Gasteiger partial charge >= 0.3 is 0 Å². The Morgan fingerprint density at radius 1 is 0.974 bits per heavy atom. The van der Waals surface area contributed by atoms with E-state index >= 15 is 0 Å². The maximum absolute atomic E-state index is 13.2. The quantitative estimate of drug-likeness (QED) is 0.385. The first kappa shape index (κ1) is 26.9. The Bertz CT molecular complexity index is 1360. The van der Waals surface area contributed by atoms with Crippen LogP contribution in [-0.4, -0.2) is 36.0 Å². The fourth-order valence-corrected chi connectivity index (χ4v) is 7.23. The van der Waals surface area contributed by atoms with Gasteiger partial charge in [-0.05, 0) is 106 Å². The summed E-state index contributed by atoms with van der Waals surface area (Å²) in [5, 5.41) is 2.91. The fourth-order valence-electron chi connectivity index (χ4n) is 5.78. The average Bonchev–Trinajstić information content (AvgIpc) is 2.87. The van der Waals surface area contributed by atoms with Crippen molar-refractivity contribution in [2.24, 2.45) is 0 Å². The van der Waals surface area contributed by atoms with Crippen LogP contribution in [0.3, 0.4) is 0 Å². The molecule has 8 heteroatoms. The highest BCUT2D eigenvalue weighted by molar-refractivity contribution is 9.11. The zero-order valence-electron chi connectivity index (χ0n) is 21.7. The molecule has 0 bridgehead atoms. The molecule has 0 fully saturated rings. The van der Waals surface area contributed by atoms with Gasteiger partial charge in [0.25, 0.3) is 5.91 Å². The number of ether oxygens (including phenoxy) is 1. The molecular weight excluding hydrogens is 612 g/mol. The van der Waals surface area contributed by atoms with Gasteiger partial charge in [-0.3, -0.25) is 14.4 Å². The molecule has 6 nitrogen and oxygen atoms in total. The lowest BCUT2D eigenvalue weighted by atomic mass is 9.71. The Morgan fingerprint density at radius 3 is 2.13 bits per heavy atom. The van der Waals surface area contributed by atoms with E-state index in [0.29, 0.717) is 27.5 Å². The van der Waals surface area contributed by atoms with E-state index in [1.54, 1.807) is 0 Å². The van der Waals surface area contributed by atoms with Crippen molar-refractivity contribution in [1.29, 1.82) is 0 Å². The van der Waals surface area contributed by atoms with Crippen LogP contribution in [-0.2, 0) is 14.4 Å². The molecule has 1 aliphatic heterocycles. The van der Waals surface area contributed by atoms with Crippen LogP contribution in [0.1, 0.15) is 61.1 Å². The van der Waals surface area contributed by atoms with Gasteiger partial charge in [0.05, 0.1) is 8.95 Å². The summed E-state index contributed by atoms with van der Waals surface area (Å²) >= 11 is 7.24. The van der Waals surface area contributed by atoms with Crippen molar-refractivity contribution in [2.75, 3.05) is 19.0 Å². The van der Waals surface area contributed by atoms with E-state index in [1.807, 2.05) is 51.2 Å². The van der Waals surface area contributed by atoms with Crippen LogP contribution in [0.5, 0.6) is 5.75 Å². The molecule has 2 aliphatic carbocycles. The Labute approximate surface area is 239 Å². The molecule has 0 radical (unpaired) electrons. The number of hydrogen-bond donors (Lipinski definition) is 1. The Kier molecular flexibility index (Phi) is 7.65. The minimum Gasteiger partial charge on any atom is -0.481 e. The molecule has 0 saturated carbocycles. The minimum atomic E-state index is -0.397. The molecule has 1 heterocycles. The molecule has 38 heavy (non-hydrogen) atoms. The van der Waals surface area contributed by atoms with E-state index < -0.39 is 5.92 Å². The maximum Gasteiger partial charge on any atom is 0.262 e. The molecule has 0 spiro atoms. The number of halogens is 2. The molecule has 1 N–H and O–H groups in total. The second-order valence-corrected chi connectivity index (χ2v) is 11.9. The summed E-state index contributed by atoms with van der Waals surface area (Å²) in [6.45, 7) is 3.80. The third-order valence-electron chi connectivity index (χ3n) is 7.82. The van der Waals surface area contributed by atoms with Crippen LogP contribution in [0.4, 0.5) is 5.69 Å². The molecule has 0 aromatic heterocycles. The summed E-state index contributed by atoms with van der Waals surface area (Å²) in [5.74, 6) is 0.0618. The lowest BCUT2D eigenvalue weighted by Gasteiger charge is -2.42. The number of amides is 1. The number of nitrogens with zero attached hydrogens (tertiary/aromatic N) is 1. The number of carbonyl (C=O) groups excluding carboxylic acids is 3. The highest BCUT2D eigenvalue weighted by Crippen LogP contribution is 2.50. The number of anilines is 1. The zero-order chi connectivity index (χ0) is 27.1. The maximum atomic E-state index is 13.2. The number of Topliss-reactive ketones (excluding diaryl/α,β-unsaturated/α-hetero) is 2. The van der Waals surface area contributed by atoms with Gasteiger partial charge in [-0.1, -0.05) is 12.1 Å². The number of aryl methyl sites for hydroxylation is 1. The Hall–Kier alpha value is -2.71.